The second-order valence-corrected chi connectivity index (χ2v) is 7.98. The number of hydrogen-bond acceptors (Lipinski definition) is 2. The summed E-state index contributed by atoms with van der Waals surface area (Å²) in [4.78, 5) is 7.22. The first-order valence-electron chi connectivity index (χ1n) is 11.0. The van der Waals surface area contributed by atoms with Crippen molar-refractivity contribution in [1.82, 2.24) is 0 Å². The van der Waals surface area contributed by atoms with Crippen molar-refractivity contribution >= 4 is 23.3 Å². The summed E-state index contributed by atoms with van der Waals surface area (Å²) >= 11 is 0. The van der Waals surface area contributed by atoms with E-state index in [4.69, 9.17) is 4.99 Å². The molecule has 0 radical (unpaired) electrons. The third-order valence-electron chi connectivity index (χ3n) is 5.92. The molecule has 0 fully saturated rings. The van der Waals surface area contributed by atoms with Crippen LogP contribution in [0.3, 0.4) is 0 Å². The Morgan fingerprint density at radius 2 is 1.23 bits per heavy atom. The molecule has 0 saturated heterocycles. The molecule has 0 aliphatic heterocycles. The van der Waals surface area contributed by atoms with Crippen LogP contribution in [0.15, 0.2) is 114 Å². The van der Waals surface area contributed by atoms with Crippen molar-refractivity contribution in [2.75, 3.05) is 4.90 Å². The quantitative estimate of drug-likeness (QED) is 0.313. The van der Waals surface area contributed by atoms with E-state index in [-0.39, 0.29) is 6.04 Å². The van der Waals surface area contributed by atoms with E-state index in [1.54, 1.807) is 0 Å². The molecule has 0 aromatic heterocycles. The van der Waals surface area contributed by atoms with Crippen molar-refractivity contribution in [1.29, 1.82) is 0 Å². The minimum absolute atomic E-state index is 0.273. The van der Waals surface area contributed by atoms with Gasteiger partial charge in [0.1, 0.15) is 0 Å². The topological polar surface area (TPSA) is 15.6 Å². The number of anilines is 3. The molecule has 0 amide bonds. The van der Waals surface area contributed by atoms with Gasteiger partial charge in [0.2, 0.25) is 0 Å². The average Bonchev–Trinajstić information content (AvgIpc) is 2.85. The molecule has 2 heteroatoms. The molecule has 152 valence electrons. The summed E-state index contributed by atoms with van der Waals surface area (Å²) in [7, 11) is 0. The van der Waals surface area contributed by atoms with E-state index in [1.165, 1.54) is 24.0 Å². The third-order valence-corrected chi connectivity index (χ3v) is 5.92. The van der Waals surface area contributed by atoms with Crippen LogP contribution in [0.5, 0.6) is 0 Å². The summed E-state index contributed by atoms with van der Waals surface area (Å²) in [5.74, 6) is 0. The van der Waals surface area contributed by atoms with Gasteiger partial charge in [-0.1, -0.05) is 72.8 Å². The first-order chi connectivity index (χ1) is 15.4. The molecule has 0 bridgehead atoms. The number of para-hydroxylation sites is 2. The van der Waals surface area contributed by atoms with E-state index in [0.717, 1.165) is 29.0 Å². The Bertz CT molecular complexity index is 1110. The van der Waals surface area contributed by atoms with E-state index in [2.05, 4.69) is 114 Å². The molecule has 0 heterocycles. The van der Waals surface area contributed by atoms with Crippen molar-refractivity contribution in [3.8, 4) is 0 Å². The molecule has 4 aromatic carbocycles. The van der Waals surface area contributed by atoms with Crippen LogP contribution < -0.4 is 4.90 Å². The zero-order valence-electron chi connectivity index (χ0n) is 17.6. The molecule has 1 atom stereocenters. The molecular weight excluding hydrogens is 376 g/mol. The first kappa shape index (κ1) is 19.3. The molecular formula is C29H26N2. The van der Waals surface area contributed by atoms with Crippen molar-refractivity contribution in [2.45, 2.75) is 25.3 Å². The number of nitrogens with zero attached hydrogens (tertiary/aromatic N) is 2. The Morgan fingerprint density at radius 3 is 1.90 bits per heavy atom. The van der Waals surface area contributed by atoms with E-state index in [1.807, 2.05) is 6.21 Å². The lowest BCUT2D eigenvalue weighted by atomic mass is 9.88. The van der Waals surface area contributed by atoms with E-state index in [9.17, 15) is 0 Å². The lowest BCUT2D eigenvalue weighted by Crippen LogP contribution is -2.09. The van der Waals surface area contributed by atoms with Gasteiger partial charge in [-0.05, 0) is 72.4 Å². The maximum Gasteiger partial charge on any atom is 0.0752 e. The number of hydrogen-bond donors (Lipinski definition) is 0. The molecule has 0 saturated carbocycles. The van der Waals surface area contributed by atoms with Gasteiger partial charge in [-0.15, -0.1) is 0 Å². The van der Waals surface area contributed by atoms with Gasteiger partial charge in [0.25, 0.3) is 0 Å². The van der Waals surface area contributed by atoms with Gasteiger partial charge < -0.3 is 4.90 Å². The Kier molecular flexibility index (Phi) is 5.62. The Balaban J connectivity index is 1.41. The van der Waals surface area contributed by atoms with Crippen molar-refractivity contribution in [3.05, 3.63) is 126 Å². The maximum absolute atomic E-state index is 4.95. The lowest BCUT2D eigenvalue weighted by Gasteiger charge is -2.25. The second-order valence-electron chi connectivity index (χ2n) is 7.98. The Hall–Kier alpha value is -3.65. The molecule has 31 heavy (non-hydrogen) atoms. The van der Waals surface area contributed by atoms with Gasteiger partial charge in [0.15, 0.2) is 0 Å². The van der Waals surface area contributed by atoms with Crippen LogP contribution in [0.1, 0.15) is 35.6 Å². The van der Waals surface area contributed by atoms with Crippen molar-refractivity contribution in [3.63, 3.8) is 0 Å². The number of aliphatic imine (C=N–C) groups is 1. The van der Waals surface area contributed by atoms with Gasteiger partial charge in [0.05, 0.1) is 6.04 Å². The predicted octanol–water partition coefficient (Wildman–Crippen LogP) is 7.65. The summed E-state index contributed by atoms with van der Waals surface area (Å²) in [6.45, 7) is 0. The van der Waals surface area contributed by atoms with Gasteiger partial charge in [-0.25, -0.2) is 0 Å². The Morgan fingerprint density at radius 1 is 0.645 bits per heavy atom. The predicted molar refractivity (Wildman–Crippen MR) is 131 cm³/mol. The maximum atomic E-state index is 4.95. The van der Waals surface area contributed by atoms with Crippen molar-refractivity contribution in [2.24, 2.45) is 4.99 Å². The fraction of sp³-hybridized carbons (Fsp3) is 0.138. The zero-order chi connectivity index (χ0) is 20.9. The molecule has 5 rings (SSSR count). The van der Waals surface area contributed by atoms with Crippen LogP contribution >= 0.6 is 0 Å². The van der Waals surface area contributed by atoms with Crippen LogP contribution in [-0.4, -0.2) is 6.21 Å². The normalized spacial score (nSPS) is 15.5. The highest BCUT2D eigenvalue weighted by Gasteiger charge is 2.18. The van der Waals surface area contributed by atoms with Crippen LogP contribution in [0.2, 0.25) is 0 Å². The van der Waals surface area contributed by atoms with Gasteiger partial charge in [-0.3, -0.25) is 4.99 Å². The summed E-state index contributed by atoms with van der Waals surface area (Å²) in [6, 6.07) is 38.7. The lowest BCUT2D eigenvalue weighted by molar-refractivity contribution is 0.574. The van der Waals surface area contributed by atoms with E-state index in [0.29, 0.717) is 0 Å². The van der Waals surface area contributed by atoms with E-state index < -0.39 is 0 Å². The molecule has 0 spiro atoms. The number of aryl methyl sites for hydroxylation is 1. The van der Waals surface area contributed by atoms with Gasteiger partial charge in [0, 0.05) is 23.3 Å². The smallest absolute Gasteiger partial charge is 0.0752 e. The summed E-state index contributed by atoms with van der Waals surface area (Å²) in [5, 5.41) is 0. The van der Waals surface area contributed by atoms with Crippen molar-refractivity contribution < 1.29 is 0 Å². The summed E-state index contributed by atoms with van der Waals surface area (Å²) < 4.78 is 0. The molecule has 1 aliphatic rings. The average molecular weight is 403 g/mol. The second kappa shape index (κ2) is 9.01. The molecule has 2 nitrogen and oxygen atoms in total. The minimum atomic E-state index is 0.273. The molecule has 1 unspecified atom stereocenters. The highest BCUT2D eigenvalue weighted by atomic mass is 15.1. The first-order valence-corrected chi connectivity index (χ1v) is 11.0. The van der Waals surface area contributed by atoms with Gasteiger partial charge in [-0.2, -0.15) is 0 Å². The minimum Gasteiger partial charge on any atom is -0.311 e. The van der Waals surface area contributed by atoms with Crippen LogP contribution in [0.25, 0.3) is 0 Å². The fourth-order valence-electron chi connectivity index (χ4n) is 4.37. The Labute approximate surface area is 184 Å². The largest absolute Gasteiger partial charge is 0.311 e. The highest BCUT2D eigenvalue weighted by molar-refractivity contribution is 5.82. The van der Waals surface area contributed by atoms with Gasteiger partial charge >= 0.3 is 0 Å². The van der Waals surface area contributed by atoms with Crippen LogP contribution in [-0.2, 0) is 6.42 Å². The summed E-state index contributed by atoms with van der Waals surface area (Å²) in [6.07, 6.45) is 5.54. The fourth-order valence-corrected chi connectivity index (χ4v) is 4.37. The van der Waals surface area contributed by atoms with E-state index >= 15 is 0 Å². The third kappa shape index (κ3) is 4.29. The number of rotatable bonds is 5. The summed E-state index contributed by atoms with van der Waals surface area (Å²) in [5.41, 5.74) is 7.40. The van der Waals surface area contributed by atoms with Crippen LogP contribution in [0.4, 0.5) is 17.1 Å². The number of benzene rings is 4. The molecule has 0 N–H and O–H groups in total. The SMILES string of the molecule is C(=NC1CCCc2ccccc21)c1ccc(N(c2ccccc2)c2ccccc2)cc1. The molecule has 4 aromatic rings. The standard InChI is InChI=1S/C29H26N2/c1-3-12-25(13-4-1)31(26-14-5-2-6-15-26)27-20-18-23(19-21-27)22-30-29-17-9-11-24-10-7-8-16-28(24)29/h1-8,10,12-16,18-22,29H,9,11,17H2. The highest BCUT2D eigenvalue weighted by Crippen LogP contribution is 2.34. The monoisotopic (exact) mass is 402 g/mol. The van der Waals surface area contributed by atoms with Crippen LogP contribution in [0, 0.1) is 0 Å². The number of fused-ring (bicyclic) bond motifs is 1. The zero-order valence-corrected chi connectivity index (χ0v) is 17.6. The molecule has 1 aliphatic carbocycles.